The Kier molecular flexibility index (Phi) is 3.71. The van der Waals surface area contributed by atoms with Crippen LogP contribution < -0.4 is 0 Å². The van der Waals surface area contributed by atoms with E-state index in [1.807, 2.05) is 12.2 Å². The molecule has 6 atom stereocenters. The third-order valence-corrected chi connectivity index (χ3v) is 7.52. The summed E-state index contributed by atoms with van der Waals surface area (Å²) in [6.07, 6.45) is 10.1. The number of aliphatic hydroxyl groups is 2. The van der Waals surface area contributed by atoms with Gasteiger partial charge in [-0.25, -0.2) is 0 Å². The Morgan fingerprint density at radius 1 is 1.36 bits per heavy atom. The second-order valence-electron chi connectivity index (χ2n) is 8.65. The first-order valence-electron chi connectivity index (χ1n) is 9.28. The van der Waals surface area contributed by atoms with Crippen molar-refractivity contribution in [3.63, 3.8) is 0 Å². The van der Waals surface area contributed by atoms with Gasteiger partial charge in [-0.05, 0) is 55.2 Å². The summed E-state index contributed by atoms with van der Waals surface area (Å²) in [4.78, 5) is 24.0. The first kappa shape index (κ1) is 16.9. The average molecular weight is 342 g/mol. The molecule has 0 aromatic heterocycles. The van der Waals surface area contributed by atoms with Gasteiger partial charge in [-0.15, -0.1) is 0 Å². The monoisotopic (exact) mass is 342 g/mol. The van der Waals surface area contributed by atoms with Crippen molar-refractivity contribution in [3.8, 4) is 0 Å². The number of Topliss-reactive ketones (excluding diaryl/α,β-unsaturated/α-hetero) is 1. The summed E-state index contributed by atoms with van der Waals surface area (Å²) in [5.74, 6) is 0.539. The SMILES string of the molecule is CC12C=CC(=O)C=C1CCC1C2C(O)CC2(C)C(C(=O)CO)=CCC12. The molecule has 0 amide bonds. The minimum absolute atomic E-state index is 0.0411. The number of allylic oxidation sites excluding steroid dienone is 5. The summed E-state index contributed by atoms with van der Waals surface area (Å²) in [7, 11) is 0. The summed E-state index contributed by atoms with van der Waals surface area (Å²) < 4.78 is 0. The molecule has 25 heavy (non-hydrogen) atoms. The normalized spacial score (nSPS) is 45.2. The van der Waals surface area contributed by atoms with E-state index in [2.05, 4.69) is 13.8 Å². The van der Waals surface area contributed by atoms with Crippen molar-refractivity contribution in [2.45, 2.75) is 45.6 Å². The molecular formula is C21H26O4. The maximum atomic E-state index is 12.2. The molecule has 2 saturated carbocycles. The molecule has 4 nitrogen and oxygen atoms in total. The van der Waals surface area contributed by atoms with Gasteiger partial charge in [0.1, 0.15) is 6.61 Å². The van der Waals surface area contributed by atoms with Gasteiger partial charge in [-0.1, -0.05) is 31.6 Å². The molecule has 2 N–H and O–H groups in total. The van der Waals surface area contributed by atoms with Gasteiger partial charge >= 0.3 is 0 Å². The largest absolute Gasteiger partial charge is 0.393 e. The fourth-order valence-corrected chi connectivity index (χ4v) is 6.41. The Balaban J connectivity index is 1.72. The van der Waals surface area contributed by atoms with Crippen LogP contribution in [0.2, 0.25) is 0 Å². The minimum atomic E-state index is -0.522. The van der Waals surface area contributed by atoms with Crippen molar-refractivity contribution in [1.82, 2.24) is 0 Å². The summed E-state index contributed by atoms with van der Waals surface area (Å²) in [5.41, 5.74) is 1.22. The first-order chi connectivity index (χ1) is 11.8. The van der Waals surface area contributed by atoms with Crippen LogP contribution in [0.15, 0.2) is 35.5 Å². The Hall–Kier alpha value is -1.52. The van der Waals surface area contributed by atoms with Crippen LogP contribution >= 0.6 is 0 Å². The molecule has 4 aliphatic carbocycles. The van der Waals surface area contributed by atoms with Crippen LogP contribution in [0.1, 0.15) is 39.5 Å². The van der Waals surface area contributed by atoms with Crippen molar-refractivity contribution in [1.29, 1.82) is 0 Å². The maximum absolute atomic E-state index is 12.2. The fraction of sp³-hybridized carbons (Fsp3) is 0.619. The molecule has 4 aliphatic rings. The third-order valence-electron chi connectivity index (χ3n) is 7.52. The molecule has 0 aromatic carbocycles. The predicted molar refractivity (Wildman–Crippen MR) is 93.6 cm³/mol. The molecule has 0 aromatic rings. The van der Waals surface area contributed by atoms with E-state index in [1.165, 1.54) is 0 Å². The lowest BCUT2D eigenvalue weighted by atomic mass is 9.47. The lowest BCUT2D eigenvalue weighted by Gasteiger charge is -2.58. The molecule has 0 spiro atoms. The highest BCUT2D eigenvalue weighted by Crippen LogP contribution is 2.64. The zero-order valence-electron chi connectivity index (χ0n) is 14.9. The third kappa shape index (κ3) is 2.20. The zero-order chi connectivity index (χ0) is 18.0. The highest BCUT2D eigenvalue weighted by Gasteiger charge is 2.60. The van der Waals surface area contributed by atoms with Crippen molar-refractivity contribution < 1.29 is 19.8 Å². The number of carbonyl (C=O) groups is 2. The zero-order valence-corrected chi connectivity index (χ0v) is 14.9. The second kappa shape index (κ2) is 5.49. The Labute approximate surface area is 148 Å². The Morgan fingerprint density at radius 2 is 2.12 bits per heavy atom. The number of fused-ring (bicyclic) bond motifs is 5. The summed E-state index contributed by atoms with van der Waals surface area (Å²) >= 11 is 0. The van der Waals surface area contributed by atoms with Crippen LogP contribution in [0.3, 0.4) is 0 Å². The van der Waals surface area contributed by atoms with Gasteiger partial charge in [0.25, 0.3) is 0 Å². The first-order valence-corrected chi connectivity index (χ1v) is 9.28. The smallest absolute Gasteiger partial charge is 0.184 e. The standard InChI is InChI=1S/C21H26O4/c1-20-8-7-13(23)9-12(20)3-4-14-15-5-6-16(18(25)11-22)21(15,2)10-17(24)19(14)20/h6-9,14-15,17,19,22,24H,3-5,10-11H2,1-2H3. The number of hydrogen-bond donors (Lipinski definition) is 2. The highest BCUT2D eigenvalue weighted by molar-refractivity contribution is 6.01. The molecule has 2 fully saturated rings. The van der Waals surface area contributed by atoms with Crippen LogP contribution in [0.25, 0.3) is 0 Å². The predicted octanol–water partition coefficient (Wildman–Crippen LogP) is 2.36. The maximum Gasteiger partial charge on any atom is 0.184 e. The lowest BCUT2D eigenvalue weighted by molar-refractivity contribution is -0.124. The lowest BCUT2D eigenvalue weighted by Crippen LogP contribution is -2.55. The molecule has 0 bridgehead atoms. The summed E-state index contributed by atoms with van der Waals surface area (Å²) in [6.45, 7) is 3.76. The van der Waals surface area contributed by atoms with Gasteiger partial charge < -0.3 is 10.2 Å². The van der Waals surface area contributed by atoms with E-state index in [0.29, 0.717) is 23.8 Å². The summed E-state index contributed by atoms with van der Waals surface area (Å²) in [5, 5.41) is 20.4. The van der Waals surface area contributed by atoms with E-state index in [9.17, 15) is 19.8 Å². The molecule has 4 rings (SSSR count). The van der Waals surface area contributed by atoms with Gasteiger partial charge in [0.15, 0.2) is 11.6 Å². The van der Waals surface area contributed by atoms with Crippen LogP contribution in [0.4, 0.5) is 0 Å². The average Bonchev–Trinajstić information content (AvgIpc) is 2.91. The molecule has 0 aliphatic heterocycles. The van der Waals surface area contributed by atoms with Crippen molar-refractivity contribution >= 4 is 11.6 Å². The van der Waals surface area contributed by atoms with Gasteiger partial charge in [0, 0.05) is 16.7 Å². The van der Waals surface area contributed by atoms with Gasteiger partial charge in [0.05, 0.1) is 6.10 Å². The van der Waals surface area contributed by atoms with E-state index < -0.39 is 12.7 Å². The highest BCUT2D eigenvalue weighted by atomic mass is 16.3. The van der Waals surface area contributed by atoms with Crippen LogP contribution in [0.5, 0.6) is 0 Å². The fourth-order valence-electron chi connectivity index (χ4n) is 6.41. The van der Waals surface area contributed by atoms with Gasteiger partial charge in [-0.3, -0.25) is 9.59 Å². The molecule has 6 unspecified atom stereocenters. The van der Waals surface area contributed by atoms with Crippen molar-refractivity contribution in [3.05, 3.63) is 35.5 Å². The molecule has 0 radical (unpaired) electrons. The van der Waals surface area contributed by atoms with Crippen LogP contribution in [0, 0.1) is 28.6 Å². The van der Waals surface area contributed by atoms with Crippen molar-refractivity contribution in [2.24, 2.45) is 28.6 Å². The van der Waals surface area contributed by atoms with E-state index in [0.717, 1.165) is 24.8 Å². The number of rotatable bonds is 2. The molecule has 0 heterocycles. The molecule has 134 valence electrons. The second-order valence-corrected chi connectivity index (χ2v) is 8.65. The van der Waals surface area contributed by atoms with Crippen molar-refractivity contribution in [2.75, 3.05) is 6.61 Å². The molecular weight excluding hydrogens is 316 g/mol. The molecule has 4 heteroatoms. The van der Waals surface area contributed by atoms with Crippen LogP contribution in [-0.2, 0) is 9.59 Å². The van der Waals surface area contributed by atoms with E-state index in [1.54, 1.807) is 12.2 Å². The number of hydrogen-bond acceptors (Lipinski definition) is 4. The quantitative estimate of drug-likeness (QED) is 0.808. The van der Waals surface area contributed by atoms with Gasteiger partial charge in [0.2, 0.25) is 0 Å². The minimum Gasteiger partial charge on any atom is -0.393 e. The van der Waals surface area contributed by atoms with Crippen LogP contribution in [-0.4, -0.2) is 34.5 Å². The Morgan fingerprint density at radius 3 is 2.84 bits per heavy atom. The van der Waals surface area contributed by atoms with E-state index in [-0.39, 0.29) is 28.3 Å². The number of ketones is 2. The number of carbonyl (C=O) groups excluding carboxylic acids is 2. The van der Waals surface area contributed by atoms with Gasteiger partial charge in [-0.2, -0.15) is 0 Å². The summed E-state index contributed by atoms with van der Waals surface area (Å²) in [6, 6.07) is 0. The topological polar surface area (TPSA) is 74.6 Å². The van der Waals surface area contributed by atoms with E-state index >= 15 is 0 Å². The molecule has 0 saturated heterocycles. The van der Waals surface area contributed by atoms with E-state index in [4.69, 9.17) is 0 Å². The Bertz CT molecular complexity index is 730. The number of aliphatic hydroxyl groups excluding tert-OH is 2.